The number of anilines is 4. The number of pyridine rings is 1. The monoisotopic (exact) mass is 1040 g/mol. The summed E-state index contributed by atoms with van der Waals surface area (Å²) in [6.07, 6.45) is 5.55. The number of H-pyrrole nitrogens is 1. The molecule has 8 fully saturated rings. The first-order chi connectivity index (χ1) is 35.6. The summed E-state index contributed by atoms with van der Waals surface area (Å²) in [4.78, 5) is 40.8. The van der Waals surface area contributed by atoms with Crippen molar-refractivity contribution in [3.63, 3.8) is 0 Å². The first kappa shape index (κ1) is 47.7. The van der Waals surface area contributed by atoms with E-state index in [9.17, 15) is 36.5 Å². The SMILES string of the molecule is O=C(NS(=O)(=O)c1ccc(NCC2CCOCC2)c([N+](=O)[O-])c1)c1ccc(N2CCC3(CC2)CC(N2CCC[C@H]2c2ccccc2C24CC(C(F)(F)F)(C2)C4)C3)cc1N1c2cc3cc[nH]c3nc2O[C@@H]2COC[C@H]21. The molecular formula is C54H59F3N8O8S. The first-order valence-corrected chi connectivity index (χ1v) is 27.6. The molecule has 4 aliphatic carbocycles. The molecule has 1 spiro atoms. The maximum atomic E-state index is 14.6. The van der Waals surface area contributed by atoms with Crippen LogP contribution in [-0.2, 0) is 24.9 Å². The van der Waals surface area contributed by atoms with E-state index in [0.717, 1.165) is 93.7 Å². The van der Waals surface area contributed by atoms with E-state index in [1.165, 1.54) is 17.7 Å². The van der Waals surface area contributed by atoms with Crippen LogP contribution in [0.1, 0.15) is 98.2 Å². The highest BCUT2D eigenvalue weighted by atomic mass is 32.2. The van der Waals surface area contributed by atoms with Gasteiger partial charge in [-0.15, -0.1) is 0 Å². The van der Waals surface area contributed by atoms with Gasteiger partial charge in [0.15, 0.2) is 0 Å². The first-order valence-electron chi connectivity index (χ1n) is 26.1. The molecule has 5 aliphatic heterocycles. The van der Waals surface area contributed by atoms with Gasteiger partial charge in [-0.05, 0) is 148 Å². The smallest absolute Gasteiger partial charge is 0.394 e. The van der Waals surface area contributed by atoms with Gasteiger partial charge in [-0.25, -0.2) is 13.1 Å². The van der Waals surface area contributed by atoms with Crippen LogP contribution < -0.4 is 24.6 Å². The van der Waals surface area contributed by atoms with Crippen LogP contribution in [0.15, 0.2) is 83.9 Å². The van der Waals surface area contributed by atoms with Gasteiger partial charge in [0.25, 0.3) is 21.6 Å². The van der Waals surface area contributed by atoms with E-state index in [-0.39, 0.29) is 66.5 Å². The second-order valence-electron chi connectivity index (χ2n) is 22.5. The van der Waals surface area contributed by atoms with Crippen molar-refractivity contribution in [3.05, 3.63) is 106 Å². The van der Waals surface area contributed by atoms with Gasteiger partial charge in [-0.3, -0.25) is 19.8 Å². The number of aromatic nitrogens is 2. The molecule has 16 nitrogen and oxygen atoms in total. The summed E-state index contributed by atoms with van der Waals surface area (Å²) in [5.41, 5.74) is 3.01. The molecule has 14 rings (SSSR count). The van der Waals surface area contributed by atoms with Gasteiger partial charge in [0.2, 0.25) is 5.88 Å². The number of nitrogens with one attached hydrogen (secondary N) is 3. The number of halogens is 3. The molecule has 3 aromatic carbocycles. The molecule has 2 aromatic heterocycles. The molecule has 3 atom stereocenters. The molecule has 0 radical (unpaired) electrons. The van der Waals surface area contributed by atoms with Crippen molar-refractivity contribution in [2.75, 3.05) is 67.7 Å². The molecule has 2 bridgehead atoms. The Morgan fingerprint density at radius 3 is 2.47 bits per heavy atom. The number of nitro benzene ring substituents is 1. The van der Waals surface area contributed by atoms with Crippen LogP contribution in [0.2, 0.25) is 0 Å². The van der Waals surface area contributed by atoms with Crippen molar-refractivity contribution >= 4 is 55.4 Å². The topological polar surface area (TPSA) is 184 Å². The highest BCUT2D eigenvalue weighted by Crippen LogP contribution is 2.79. The lowest BCUT2D eigenvalue weighted by Gasteiger charge is -2.71. The number of alkyl halides is 3. The third-order valence-electron chi connectivity index (χ3n) is 18.3. The second kappa shape index (κ2) is 17.6. The minimum Gasteiger partial charge on any atom is -0.468 e. The van der Waals surface area contributed by atoms with Gasteiger partial charge >= 0.3 is 6.18 Å². The van der Waals surface area contributed by atoms with Gasteiger partial charge in [0.05, 0.1) is 45.7 Å². The van der Waals surface area contributed by atoms with Crippen molar-refractivity contribution < 1.29 is 45.5 Å². The third-order valence-corrected chi connectivity index (χ3v) is 19.6. The standard InChI is InChI=1S/C54H59F3N8O8S/c55-54(56,57)53-30-52(31-53,32-53)40-5-2-1-4-38(40)42-6-3-17-63(42)36-25-51(26-36)14-18-62(19-15-51)35-7-9-39(43(23-35)64-45-22-34-11-16-58-48(34)60-50(45)73-47-29-72-28-46(47)64)49(66)61-74(69,70)37-8-10-41(44(24-37)65(67)68)59-27-33-12-20-71-21-13-33/h1-2,4-5,7-11,16,22-24,33,36,42,46-47,59H,3,6,12-15,17-21,25-32H2,(H,58,60)(H,61,66)/t42-,46+,47+,52?,53?/m0/s1. The molecule has 390 valence electrons. The summed E-state index contributed by atoms with van der Waals surface area (Å²) >= 11 is 0. The summed E-state index contributed by atoms with van der Waals surface area (Å²) in [5, 5.41) is 16.2. The number of ether oxygens (including phenoxy) is 3. The van der Waals surface area contributed by atoms with Crippen LogP contribution in [-0.4, -0.2) is 111 Å². The number of nitrogens with zero attached hydrogens (tertiary/aromatic N) is 5. The van der Waals surface area contributed by atoms with Crippen LogP contribution in [0.4, 0.5) is 41.6 Å². The molecule has 0 unspecified atom stereocenters. The van der Waals surface area contributed by atoms with Gasteiger partial charge < -0.3 is 34.3 Å². The number of hydrogen-bond donors (Lipinski definition) is 3. The van der Waals surface area contributed by atoms with E-state index in [2.05, 4.69) is 37.0 Å². The summed E-state index contributed by atoms with van der Waals surface area (Å²) < 4.78 is 90.0. The van der Waals surface area contributed by atoms with E-state index in [4.69, 9.17) is 19.2 Å². The minimum atomic E-state index is -4.63. The largest absolute Gasteiger partial charge is 0.468 e. The van der Waals surface area contributed by atoms with Gasteiger partial charge in [0.1, 0.15) is 23.1 Å². The van der Waals surface area contributed by atoms with E-state index < -0.39 is 55.2 Å². The van der Waals surface area contributed by atoms with Crippen LogP contribution >= 0.6 is 0 Å². The lowest BCUT2D eigenvalue weighted by Crippen LogP contribution is -2.70. The number of hydrogen-bond acceptors (Lipinski definition) is 13. The number of nitro groups is 1. The maximum absolute atomic E-state index is 14.6. The Bertz CT molecular complexity index is 3150. The van der Waals surface area contributed by atoms with E-state index in [0.29, 0.717) is 48.7 Å². The molecular weight excluding hydrogens is 978 g/mol. The van der Waals surface area contributed by atoms with Gasteiger partial charge in [0, 0.05) is 68.3 Å². The number of aromatic amines is 1. The summed E-state index contributed by atoms with van der Waals surface area (Å²) in [7, 11) is -4.63. The summed E-state index contributed by atoms with van der Waals surface area (Å²) in [6, 6.07) is 21.4. The van der Waals surface area contributed by atoms with Gasteiger partial charge in [-0.1, -0.05) is 24.3 Å². The molecule has 5 aromatic rings. The van der Waals surface area contributed by atoms with Crippen molar-refractivity contribution in [2.45, 2.75) is 111 Å². The molecule has 3 N–H and O–H groups in total. The highest BCUT2D eigenvalue weighted by Gasteiger charge is 2.79. The Balaban J connectivity index is 0.752. The Morgan fingerprint density at radius 1 is 0.919 bits per heavy atom. The summed E-state index contributed by atoms with van der Waals surface area (Å²) in [5.74, 6) is -0.321. The fourth-order valence-corrected chi connectivity index (χ4v) is 15.3. The van der Waals surface area contributed by atoms with Crippen LogP contribution in [0, 0.1) is 26.9 Å². The Kier molecular flexibility index (Phi) is 11.3. The number of carbonyl (C=O) groups is 1. The number of fused-ring (bicyclic) bond motifs is 3. The quantitative estimate of drug-likeness (QED) is 0.0794. The maximum Gasteiger partial charge on any atom is 0.394 e. The molecule has 1 amide bonds. The van der Waals surface area contributed by atoms with E-state index in [1.807, 2.05) is 41.3 Å². The number of rotatable bonds is 12. The zero-order chi connectivity index (χ0) is 50.8. The van der Waals surface area contributed by atoms with Crippen molar-refractivity contribution in [1.29, 1.82) is 0 Å². The minimum absolute atomic E-state index is 0.0696. The summed E-state index contributed by atoms with van der Waals surface area (Å²) in [6.45, 7) is 4.75. The van der Waals surface area contributed by atoms with Crippen LogP contribution in [0.25, 0.3) is 11.0 Å². The lowest BCUT2D eigenvalue weighted by atomic mass is 9.33. The molecule has 20 heteroatoms. The predicted molar refractivity (Wildman–Crippen MR) is 270 cm³/mol. The number of carbonyl (C=O) groups excluding carboxylic acids is 1. The zero-order valence-corrected chi connectivity index (χ0v) is 41.7. The second-order valence-corrected chi connectivity index (χ2v) is 24.2. The van der Waals surface area contributed by atoms with E-state index >= 15 is 0 Å². The molecule has 7 heterocycles. The number of amides is 1. The van der Waals surface area contributed by atoms with Gasteiger partial charge in [-0.2, -0.15) is 18.2 Å². The van der Waals surface area contributed by atoms with Crippen molar-refractivity contribution in [1.82, 2.24) is 19.6 Å². The Labute approximate surface area is 426 Å². The molecule has 74 heavy (non-hydrogen) atoms. The average molecular weight is 1040 g/mol. The molecule has 9 aliphatic rings. The lowest BCUT2D eigenvalue weighted by molar-refractivity contribution is -0.384. The third kappa shape index (κ3) is 7.90. The van der Waals surface area contributed by atoms with Crippen LogP contribution in [0.3, 0.4) is 0 Å². The fourth-order valence-electron chi connectivity index (χ4n) is 14.3. The average Bonchev–Trinajstić information content (AvgIpc) is 4.21. The highest BCUT2D eigenvalue weighted by molar-refractivity contribution is 7.90. The Morgan fingerprint density at radius 2 is 1.70 bits per heavy atom. The fraction of sp³-hybridized carbons (Fsp3) is 0.519. The number of benzene rings is 3. The van der Waals surface area contributed by atoms with Crippen molar-refractivity contribution in [3.8, 4) is 5.88 Å². The molecule has 4 saturated heterocycles. The zero-order valence-electron chi connectivity index (χ0n) is 40.9. The van der Waals surface area contributed by atoms with Crippen molar-refractivity contribution in [2.24, 2.45) is 16.7 Å². The number of sulfonamides is 1. The van der Waals surface area contributed by atoms with Crippen LogP contribution in [0.5, 0.6) is 5.88 Å². The Hall–Kier alpha value is -5.96. The number of piperidine rings is 1. The van der Waals surface area contributed by atoms with E-state index in [1.54, 1.807) is 12.3 Å². The predicted octanol–water partition coefficient (Wildman–Crippen LogP) is 9.30. The normalized spacial score (nSPS) is 27.7. The number of likely N-dealkylation sites (tertiary alicyclic amines) is 1. The molecule has 4 saturated carbocycles.